The molecule has 0 aliphatic rings. The van der Waals surface area contributed by atoms with Crippen LogP contribution in [0.1, 0.15) is 32.0 Å². The Balaban J connectivity index is 2.43. The van der Waals surface area contributed by atoms with Gasteiger partial charge in [-0.05, 0) is 30.0 Å². The number of rotatable bonds is 2. The van der Waals surface area contributed by atoms with Crippen molar-refractivity contribution in [2.45, 2.75) is 38.0 Å². The molecular formula is C14H18N2O2S. The molecule has 0 aliphatic carbocycles. The van der Waals surface area contributed by atoms with Crippen LogP contribution in [0.3, 0.4) is 0 Å². The molecule has 1 aromatic heterocycles. The average molecular weight is 278 g/mol. The molecular weight excluding hydrogens is 260 g/mol. The molecule has 1 heterocycles. The molecule has 0 fully saturated rings. The van der Waals surface area contributed by atoms with Gasteiger partial charge in [-0.1, -0.05) is 32.9 Å². The average Bonchev–Trinajstić information content (AvgIpc) is 2.76. The standard InChI is InChI=1S/C14H18N2O2S/c1-11-9-16(10-15-11)19(17,18)13-7-5-12(6-8-13)14(2,3)4/h5-10H,1-4H3. The summed E-state index contributed by atoms with van der Waals surface area (Å²) in [6.07, 6.45) is 2.83. The Hall–Kier alpha value is -1.62. The van der Waals surface area contributed by atoms with E-state index in [1.165, 1.54) is 12.5 Å². The van der Waals surface area contributed by atoms with Gasteiger partial charge in [0.15, 0.2) is 0 Å². The van der Waals surface area contributed by atoms with E-state index in [9.17, 15) is 8.42 Å². The van der Waals surface area contributed by atoms with Gasteiger partial charge in [0.25, 0.3) is 10.0 Å². The number of hydrogen-bond donors (Lipinski definition) is 0. The maximum Gasteiger partial charge on any atom is 0.268 e. The monoisotopic (exact) mass is 278 g/mol. The van der Waals surface area contributed by atoms with Crippen molar-refractivity contribution in [1.82, 2.24) is 8.96 Å². The normalized spacial score (nSPS) is 12.6. The fourth-order valence-corrected chi connectivity index (χ4v) is 2.96. The van der Waals surface area contributed by atoms with Crippen molar-refractivity contribution in [1.29, 1.82) is 0 Å². The molecule has 19 heavy (non-hydrogen) atoms. The number of aryl methyl sites for hydroxylation is 1. The first-order valence-electron chi connectivity index (χ1n) is 6.08. The number of nitrogens with zero attached hydrogens (tertiary/aromatic N) is 2. The molecule has 102 valence electrons. The Bertz CT molecular complexity index is 677. The molecule has 0 N–H and O–H groups in total. The minimum absolute atomic E-state index is 0.00782. The fourth-order valence-electron chi connectivity index (χ4n) is 1.78. The van der Waals surface area contributed by atoms with Crippen molar-refractivity contribution in [3.63, 3.8) is 0 Å². The van der Waals surface area contributed by atoms with Gasteiger partial charge in [0.1, 0.15) is 6.33 Å². The highest BCUT2D eigenvalue weighted by Gasteiger charge is 2.19. The zero-order valence-corrected chi connectivity index (χ0v) is 12.4. The van der Waals surface area contributed by atoms with Gasteiger partial charge < -0.3 is 0 Å². The molecule has 4 nitrogen and oxygen atoms in total. The third-order valence-electron chi connectivity index (χ3n) is 2.98. The van der Waals surface area contributed by atoms with E-state index in [2.05, 4.69) is 25.8 Å². The molecule has 0 saturated heterocycles. The van der Waals surface area contributed by atoms with Gasteiger partial charge >= 0.3 is 0 Å². The van der Waals surface area contributed by atoms with Crippen LogP contribution in [0.2, 0.25) is 0 Å². The zero-order chi connectivity index (χ0) is 14.3. The fraction of sp³-hybridized carbons (Fsp3) is 0.357. The summed E-state index contributed by atoms with van der Waals surface area (Å²) < 4.78 is 25.8. The van der Waals surface area contributed by atoms with E-state index in [4.69, 9.17) is 0 Å². The molecule has 2 aromatic rings. The topological polar surface area (TPSA) is 52.0 Å². The molecule has 0 atom stereocenters. The van der Waals surface area contributed by atoms with E-state index in [0.717, 1.165) is 9.54 Å². The Morgan fingerprint density at radius 3 is 2.11 bits per heavy atom. The summed E-state index contributed by atoms with van der Waals surface area (Å²) >= 11 is 0. The van der Waals surface area contributed by atoms with Crippen LogP contribution in [-0.4, -0.2) is 17.4 Å². The van der Waals surface area contributed by atoms with Crippen molar-refractivity contribution in [3.8, 4) is 0 Å². The highest BCUT2D eigenvalue weighted by atomic mass is 32.2. The van der Waals surface area contributed by atoms with E-state index in [-0.39, 0.29) is 10.3 Å². The predicted octanol–water partition coefficient (Wildman–Crippen LogP) is 2.73. The van der Waals surface area contributed by atoms with Crippen LogP contribution >= 0.6 is 0 Å². The quantitative estimate of drug-likeness (QED) is 0.848. The van der Waals surface area contributed by atoms with Crippen molar-refractivity contribution in [2.24, 2.45) is 0 Å². The van der Waals surface area contributed by atoms with Crippen LogP contribution in [-0.2, 0) is 15.4 Å². The molecule has 0 saturated carbocycles. The first-order chi connectivity index (χ1) is 8.71. The summed E-state index contributed by atoms with van der Waals surface area (Å²) in [7, 11) is -3.53. The van der Waals surface area contributed by atoms with Gasteiger partial charge in [-0.3, -0.25) is 0 Å². The second kappa shape index (κ2) is 4.49. The number of aromatic nitrogens is 2. The zero-order valence-electron chi connectivity index (χ0n) is 11.6. The van der Waals surface area contributed by atoms with E-state index in [1.54, 1.807) is 19.1 Å². The van der Waals surface area contributed by atoms with E-state index in [1.807, 2.05) is 12.1 Å². The first-order valence-corrected chi connectivity index (χ1v) is 7.52. The molecule has 0 radical (unpaired) electrons. The van der Waals surface area contributed by atoms with Crippen molar-refractivity contribution in [3.05, 3.63) is 48.0 Å². The molecule has 0 bridgehead atoms. The molecule has 1 aromatic carbocycles. The van der Waals surface area contributed by atoms with E-state index >= 15 is 0 Å². The lowest BCUT2D eigenvalue weighted by molar-refractivity contribution is 0.582. The predicted molar refractivity (Wildman–Crippen MR) is 74.7 cm³/mol. The molecule has 5 heteroatoms. The van der Waals surface area contributed by atoms with Crippen LogP contribution in [0, 0.1) is 6.92 Å². The van der Waals surface area contributed by atoms with Crippen molar-refractivity contribution >= 4 is 10.0 Å². The summed E-state index contributed by atoms with van der Waals surface area (Å²) in [5.74, 6) is 0. The summed E-state index contributed by atoms with van der Waals surface area (Å²) in [5, 5.41) is 0. The third kappa shape index (κ3) is 2.71. The highest BCUT2D eigenvalue weighted by Crippen LogP contribution is 2.24. The van der Waals surface area contributed by atoms with Crippen molar-refractivity contribution < 1.29 is 8.42 Å². The molecule has 2 rings (SSSR count). The molecule has 0 aliphatic heterocycles. The second-order valence-electron chi connectivity index (χ2n) is 5.62. The first kappa shape index (κ1) is 13.8. The van der Waals surface area contributed by atoms with Gasteiger partial charge in [-0.15, -0.1) is 0 Å². The van der Waals surface area contributed by atoms with E-state index in [0.29, 0.717) is 5.69 Å². The minimum Gasteiger partial charge on any atom is -0.241 e. The van der Waals surface area contributed by atoms with Crippen LogP contribution < -0.4 is 0 Å². The van der Waals surface area contributed by atoms with Crippen molar-refractivity contribution in [2.75, 3.05) is 0 Å². The van der Waals surface area contributed by atoms with E-state index < -0.39 is 10.0 Å². The maximum absolute atomic E-state index is 12.3. The Morgan fingerprint density at radius 2 is 1.68 bits per heavy atom. The van der Waals surface area contributed by atoms with Crippen LogP contribution in [0.4, 0.5) is 0 Å². The third-order valence-corrected chi connectivity index (χ3v) is 4.61. The van der Waals surface area contributed by atoms with Crippen LogP contribution in [0.15, 0.2) is 41.7 Å². The largest absolute Gasteiger partial charge is 0.268 e. The van der Waals surface area contributed by atoms with Crippen LogP contribution in [0.5, 0.6) is 0 Å². The number of imidazole rings is 1. The molecule has 0 amide bonds. The highest BCUT2D eigenvalue weighted by molar-refractivity contribution is 7.90. The second-order valence-corrected chi connectivity index (χ2v) is 7.47. The van der Waals surface area contributed by atoms with Gasteiger partial charge in [0.2, 0.25) is 0 Å². The smallest absolute Gasteiger partial charge is 0.241 e. The Morgan fingerprint density at radius 1 is 1.11 bits per heavy atom. The summed E-state index contributed by atoms with van der Waals surface area (Å²) in [5.41, 5.74) is 1.79. The van der Waals surface area contributed by atoms with Gasteiger partial charge in [-0.25, -0.2) is 17.4 Å². The van der Waals surface area contributed by atoms with Gasteiger partial charge in [0.05, 0.1) is 10.6 Å². The van der Waals surface area contributed by atoms with Gasteiger partial charge in [-0.2, -0.15) is 0 Å². The lowest BCUT2D eigenvalue weighted by atomic mass is 9.87. The lowest BCUT2D eigenvalue weighted by Crippen LogP contribution is -2.13. The number of benzene rings is 1. The summed E-state index contributed by atoms with van der Waals surface area (Å²) in [4.78, 5) is 4.22. The molecule has 0 spiro atoms. The van der Waals surface area contributed by atoms with Crippen LogP contribution in [0.25, 0.3) is 0 Å². The van der Waals surface area contributed by atoms with Gasteiger partial charge in [0, 0.05) is 6.20 Å². The summed E-state index contributed by atoms with van der Waals surface area (Å²) in [6.45, 7) is 8.04. The molecule has 0 unspecified atom stereocenters. The Kier molecular flexibility index (Phi) is 3.26. The SMILES string of the molecule is Cc1cn(S(=O)(=O)c2ccc(C(C)(C)C)cc2)cn1. The Labute approximate surface area is 114 Å². The minimum atomic E-state index is -3.53. The number of hydrogen-bond acceptors (Lipinski definition) is 3. The summed E-state index contributed by atoms with van der Waals surface area (Å²) in [6, 6.07) is 7.00. The lowest BCUT2D eigenvalue weighted by Gasteiger charge is -2.19. The maximum atomic E-state index is 12.3.